The molecule has 4 fully saturated rings. The fraction of sp³-hybridized carbons (Fsp3) is 0.731. The molecule has 2 heterocycles. The molecule has 10 atom stereocenters. The highest BCUT2D eigenvalue weighted by Crippen LogP contribution is 2.71. The number of carbonyl (C=O) groups excluding carboxylic acids is 5. The molecule has 0 radical (unpaired) electrons. The Kier molecular flexibility index (Phi) is 6.99. The predicted octanol–water partition coefficient (Wildman–Crippen LogP) is -0.136. The number of hydrogen-bond donors (Lipinski definition) is 2. The third-order valence-electron chi connectivity index (χ3n) is 9.03. The normalized spacial score (nSPS) is 42.7. The van der Waals surface area contributed by atoms with Crippen LogP contribution < -0.4 is 0 Å². The second kappa shape index (κ2) is 9.42. The van der Waals surface area contributed by atoms with Crippen molar-refractivity contribution >= 4 is 29.7 Å². The Hall–Kier alpha value is -2.83. The van der Waals surface area contributed by atoms with Gasteiger partial charge in [0.05, 0.1) is 39.3 Å². The number of methoxy groups -OCH3 is 2. The maximum Gasteiger partial charge on any atom is 0.348 e. The first-order valence-corrected chi connectivity index (χ1v) is 12.4. The number of hydrogen-bond acceptors (Lipinski definition) is 12. The summed E-state index contributed by atoms with van der Waals surface area (Å²) >= 11 is 0. The molecule has 0 amide bonds. The quantitative estimate of drug-likeness (QED) is 0.261. The Morgan fingerprint density at radius 2 is 1.74 bits per heavy atom. The number of allylic oxidation sites excluding steroid dienone is 1. The van der Waals surface area contributed by atoms with Gasteiger partial charge in [-0.25, -0.2) is 14.4 Å². The highest BCUT2D eigenvalue weighted by atomic mass is 16.6. The second-order valence-corrected chi connectivity index (χ2v) is 11.2. The molecular formula is C26H34O12. The molecule has 2 aliphatic carbocycles. The van der Waals surface area contributed by atoms with Crippen LogP contribution in [0.5, 0.6) is 0 Å². The molecule has 0 aromatic carbocycles. The summed E-state index contributed by atoms with van der Waals surface area (Å²) in [6, 6.07) is 0. The molecule has 4 aliphatic rings. The largest absolute Gasteiger partial charge is 0.469 e. The lowest BCUT2D eigenvalue weighted by Gasteiger charge is -2.66. The zero-order valence-electron chi connectivity index (χ0n) is 22.2. The number of ether oxygens (including phenoxy) is 5. The van der Waals surface area contributed by atoms with E-state index in [2.05, 4.69) is 0 Å². The van der Waals surface area contributed by atoms with Crippen LogP contribution in [0.4, 0.5) is 0 Å². The second-order valence-electron chi connectivity index (χ2n) is 11.2. The zero-order chi connectivity index (χ0) is 28.4. The molecule has 4 rings (SSSR count). The monoisotopic (exact) mass is 538 g/mol. The van der Waals surface area contributed by atoms with Gasteiger partial charge in [-0.1, -0.05) is 12.5 Å². The molecule has 210 valence electrons. The van der Waals surface area contributed by atoms with E-state index >= 15 is 0 Å². The fourth-order valence-electron chi connectivity index (χ4n) is 7.78. The van der Waals surface area contributed by atoms with E-state index in [4.69, 9.17) is 23.7 Å². The molecule has 38 heavy (non-hydrogen) atoms. The molecular weight excluding hydrogens is 504 g/mol. The molecule has 2 saturated heterocycles. The molecule has 0 aromatic rings. The Morgan fingerprint density at radius 3 is 2.29 bits per heavy atom. The van der Waals surface area contributed by atoms with Crippen LogP contribution in [0.3, 0.4) is 0 Å². The summed E-state index contributed by atoms with van der Waals surface area (Å²) in [4.78, 5) is 64.8. The smallest absolute Gasteiger partial charge is 0.348 e. The van der Waals surface area contributed by atoms with Crippen molar-refractivity contribution in [3.05, 3.63) is 11.6 Å². The van der Waals surface area contributed by atoms with Crippen molar-refractivity contribution in [1.29, 1.82) is 0 Å². The topological polar surface area (TPSA) is 172 Å². The number of carbonyl (C=O) groups is 5. The molecule has 0 aromatic heterocycles. The lowest BCUT2D eigenvalue weighted by atomic mass is 9.39. The molecule has 12 nitrogen and oxygen atoms in total. The summed E-state index contributed by atoms with van der Waals surface area (Å²) in [7, 11) is 2.25. The van der Waals surface area contributed by atoms with Gasteiger partial charge in [0.15, 0.2) is 0 Å². The van der Waals surface area contributed by atoms with E-state index in [0.29, 0.717) is 5.57 Å². The van der Waals surface area contributed by atoms with Gasteiger partial charge in [-0.3, -0.25) is 9.59 Å². The first-order chi connectivity index (χ1) is 17.7. The van der Waals surface area contributed by atoms with E-state index in [0.717, 1.165) is 13.2 Å². The molecule has 0 unspecified atom stereocenters. The molecule has 2 N–H and O–H groups in total. The summed E-state index contributed by atoms with van der Waals surface area (Å²) in [6.45, 7) is 5.95. The van der Waals surface area contributed by atoms with Gasteiger partial charge in [0, 0.05) is 23.3 Å². The minimum absolute atomic E-state index is 0.0420. The van der Waals surface area contributed by atoms with Crippen LogP contribution in [0.25, 0.3) is 0 Å². The number of Topliss-reactive ketones (excluding diaryl/α,β-unsaturated/α-hetero) is 1. The Bertz CT molecular complexity index is 1090. The minimum Gasteiger partial charge on any atom is -0.469 e. The molecule has 12 heteroatoms. The zero-order valence-corrected chi connectivity index (χ0v) is 22.2. The van der Waals surface area contributed by atoms with Crippen LogP contribution in [0.1, 0.15) is 40.5 Å². The fourth-order valence-corrected chi connectivity index (χ4v) is 7.78. The van der Waals surface area contributed by atoms with Crippen molar-refractivity contribution < 1.29 is 57.9 Å². The number of rotatable bonds is 6. The van der Waals surface area contributed by atoms with Crippen LogP contribution >= 0.6 is 0 Å². The summed E-state index contributed by atoms with van der Waals surface area (Å²) in [5, 5.41) is 23.1. The van der Waals surface area contributed by atoms with Gasteiger partial charge in [-0.05, 0) is 32.6 Å². The van der Waals surface area contributed by atoms with Gasteiger partial charge in [0.25, 0.3) is 0 Å². The Labute approximate surface area is 219 Å². The third-order valence-corrected chi connectivity index (χ3v) is 9.03. The van der Waals surface area contributed by atoms with Crippen LogP contribution in [0, 0.1) is 28.6 Å². The first kappa shape index (κ1) is 28.2. The van der Waals surface area contributed by atoms with E-state index in [9.17, 15) is 34.2 Å². The molecule has 2 aliphatic heterocycles. The molecule has 1 spiro atoms. The van der Waals surface area contributed by atoms with Gasteiger partial charge in [0.1, 0.15) is 18.0 Å². The molecule has 2 saturated carbocycles. The van der Waals surface area contributed by atoms with Crippen molar-refractivity contribution in [3.8, 4) is 0 Å². The van der Waals surface area contributed by atoms with Gasteiger partial charge in [-0.2, -0.15) is 0 Å². The van der Waals surface area contributed by atoms with Crippen molar-refractivity contribution in [1.82, 2.24) is 0 Å². The van der Waals surface area contributed by atoms with E-state index in [1.165, 1.54) is 14.0 Å². The predicted molar refractivity (Wildman–Crippen MR) is 125 cm³/mol. The number of aliphatic hydroxyl groups excluding tert-OH is 2. The summed E-state index contributed by atoms with van der Waals surface area (Å²) < 4.78 is 27.2. The highest BCUT2D eigenvalue weighted by Gasteiger charge is 2.85. The highest BCUT2D eigenvalue weighted by molar-refractivity contribution is 5.90. The van der Waals surface area contributed by atoms with E-state index in [1.807, 2.05) is 0 Å². The maximum absolute atomic E-state index is 13.4. The average molecular weight is 539 g/mol. The summed E-state index contributed by atoms with van der Waals surface area (Å²) in [6.07, 6.45) is -5.64. The first-order valence-electron chi connectivity index (χ1n) is 12.4. The van der Waals surface area contributed by atoms with Gasteiger partial charge in [0.2, 0.25) is 11.7 Å². The standard InChI is InChI=1S/C26H34O12/c1-11(2)7-15(28)38-18-20-25-10-36-26(20,23(33)35-6)21(31)17(30)19(25)24(4,9-16(29)34-5)13(12(3)27)8-14(25)37-22(18)32/h7,13-14,17-21,30-31H,8-10H2,1-6H3/t13-,14+,17+,18+,19+,20+,21-,24-,25+,26+/m0/s1. The number of aliphatic hydroxyl groups is 2. The van der Waals surface area contributed by atoms with Crippen molar-refractivity contribution in [3.63, 3.8) is 0 Å². The van der Waals surface area contributed by atoms with E-state index in [-0.39, 0.29) is 25.2 Å². The number of ketones is 1. The summed E-state index contributed by atoms with van der Waals surface area (Å²) in [5.41, 5.74) is -4.44. The van der Waals surface area contributed by atoms with Crippen molar-refractivity contribution in [2.24, 2.45) is 28.6 Å². The van der Waals surface area contributed by atoms with Crippen LogP contribution in [0.2, 0.25) is 0 Å². The van der Waals surface area contributed by atoms with Crippen molar-refractivity contribution in [2.45, 2.75) is 70.6 Å². The minimum atomic E-state index is -2.28. The van der Waals surface area contributed by atoms with Gasteiger partial charge in [-0.15, -0.1) is 0 Å². The third kappa shape index (κ3) is 3.64. The lowest BCUT2D eigenvalue weighted by Crippen LogP contribution is -2.79. The maximum atomic E-state index is 13.4. The Morgan fingerprint density at radius 1 is 1.08 bits per heavy atom. The van der Waals surface area contributed by atoms with Crippen LogP contribution in [-0.4, -0.2) is 90.7 Å². The summed E-state index contributed by atoms with van der Waals surface area (Å²) in [5.74, 6) is -7.25. The van der Waals surface area contributed by atoms with E-state index in [1.54, 1.807) is 20.8 Å². The van der Waals surface area contributed by atoms with Gasteiger partial charge >= 0.3 is 23.9 Å². The average Bonchev–Trinajstić information content (AvgIpc) is 3.14. The van der Waals surface area contributed by atoms with Crippen molar-refractivity contribution in [2.75, 3.05) is 20.8 Å². The van der Waals surface area contributed by atoms with E-state index < -0.39 is 82.5 Å². The van der Waals surface area contributed by atoms with Gasteiger partial charge < -0.3 is 33.9 Å². The number of esters is 4. The van der Waals surface area contributed by atoms with Crippen LogP contribution in [0.15, 0.2) is 11.6 Å². The lowest BCUT2D eigenvalue weighted by molar-refractivity contribution is -0.290. The molecule has 2 bridgehead atoms. The SMILES string of the molecule is COC(=O)C[C@]1(C)[C@H]2[C@@H](O)[C@H](O)[C@]3(C(=O)OC)OC[C@@]24[C@@H](C[C@H]1C(C)=O)OC(=O)[C@H](OC(=O)C=C(C)C)[C@@H]34. The Balaban J connectivity index is 1.98. The van der Waals surface area contributed by atoms with Crippen LogP contribution in [-0.2, 0) is 47.7 Å².